The highest BCUT2D eigenvalue weighted by Crippen LogP contribution is 2.29. The molecule has 134 valence electrons. The van der Waals surface area contributed by atoms with Crippen LogP contribution in [0.2, 0.25) is 0 Å². The minimum absolute atomic E-state index is 0.126. The molecule has 0 fully saturated rings. The lowest BCUT2D eigenvalue weighted by Crippen LogP contribution is -2.44. The average Bonchev–Trinajstić information content (AvgIpc) is 2.87. The number of hydrogen-bond acceptors (Lipinski definition) is 5. The summed E-state index contributed by atoms with van der Waals surface area (Å²) in [5.74, 6) is -1.27. The molecule has 9 heteroatoms. The second kappa shape index (κ2) is 6.80. The lowest BCUT2D eigenvalue weighted by molar-refractivity contribution is -0.383. The van der Waals surface area contributed by atoms with E-state index in [0.29, 0.717) is 16.5 Å². The third-order valence-electron chi connectivity index (χ3n) is 3.38. The summed E-state index contributed by atoms with van der Waals surface area (Å²) in [6.07, 6.45) is 0.512. The molecule has 9 nitrogen and oxygen atoms in total. The quantitative estimate of drug-likeness (QED) is 0.561. The van der Waals surface area contributed by atoms with Crippen LogP contribution in [0.3, 0.4) is 0 Å². The molecule has 3 N–H and O–H groups in total. The van der Waals surface area contributed by atoms with Gasteiger partial charge in [0.05, 0.1) is 15.8 Å². The Hall–Kier alpha value is -3.10. The second-order valence-corrected chi connectivity index (χ2v) is 6.51. The van der Waals surface area contributed by atoms with Gasteiger partial charge in [0.2, 0.25) is 0 Å². The van der Waals surface area contributed by atoms with E-state index in [9.17, 15) is 24.8 Å². The molecule has 0 radical (unpaired) electrons. The Labute approximate surface area is 143 Å². The molecule has 0 saturated carbocycles. The smallest absolute Gasteiger partial charge is 0.408 e. The van der Waals surface area contributed by atoms with Crippen LogP contribution < -0.4 is 5.32 Å². The fourth-order valence-electron chi connectivity index (χ4n) is 2.42. The van der Waals surface area contributed by atoms with Gasteiger partial charge in [0.25, 0.3) is 5.69 Å². The summed E-state index contributed by atoms with van der Waals surface area (Å²) in [5, 5.41) is 23.2. The monoisotopic (exact) mass is 349 g/mol. The Morgan fingerprint density at radius 1 is 1.40 bits per heavy atom. The Morgan fingerprint density at radius 3 is 2.64 bits per heavy atom. The number of nitro benzene ring substituents is 1. The van der Waals surface area contributed by atoms with Gasteiger partial charge in [-0.25, -0.2) is 9.59 Å². The number of carboxylic acids is 1. The summed E-state index contributed by atoms with van der Waals surface area (Å²) in [6.45, 7) is 4.97. The average molecular weight is 349 g/mol. The van der Waals surface area contributed by atoms with Gasteiger partial charge < -0.3 is 20.1 Å². The van der Waals surface area contributed by atoms with E-state index in [4.69, 9.17) is 4.74 Å². The zero-order valence-corrected chi connectivity index (χ0v) is 14.0. The van der Waals surface area contributed by atoms with E-state index >= 15 is 0 Å². The highest BCUT2D eigenvalue weighted by molar-refractivity contribution is 5.92. The standard InChI is InChI=1S/C16H19N3O6/c1-16(2,3)25-15(22)18-11(14(20)21)7-9-8-17-10-5-4-6-12(13(9)10)19(23)24/h4-6,8,11,17H,7H2,1-3H3,(H,18,22)(H,20,21). The number of nitrogens with one attached hydrogen (secondary N) is 2. The molecule has 0 aliphatic heterocycles. The molecule has 1 unspecified atom stereocenters. The number of carbonyl (C=O) groups excluding carboxylic acids is 1. The fraction of sp³-hybridized carbons (Fsp3) is 0.375. The van der Waals surface area contributed by atoms with E-state index in [0.717, 1.165) is 0 Å². The van der Waals surface area contributed by atoms with Crippen LogP contribution in [0.25, 0.3) is 10.9 Å². The van der Waals surface area contributed by atoms with Crippen molar-refractivity contribution in [3.05, 3.63) is 40.1 Å². The van der Waals surface area contributed by atoms with Crippen molar-refractivity contribution in [2.75, 3.05) is 0 Å². The Balaban J connectivity index is 2.29. The van der Waals surface area contributed by atoms with Crippen molar-refractivity contribution in [3.8, 4) is 0 Å². The molecular weight excluding hydrogens is 330 g/mol. The van der Waals surface area contributed by atoms with Crippen molar-refractivity contribution in [1.82, 2.24) is 10.3 Å². The number of rotatable bonds is 5. The van der Waals surface area contributed by atoms with Crippen molar-refractivity contribution < 1.29 is 24.4 Å². The van der Waals surface area contributed by atoms with Crippen LogP contribution in [0, 0.1) is 10.1 Å². The maximum absolute atomic E-state index is 11.8. The van der Waals surface area contributed by atoms with E-state index in [1.54, 1.807) is 26.8 Å². The first kappa shape index (κ1) is 18.2. The molecular formula is C16H19N3O6. The molecule has 0 spiro atoms. The van der Waals surface area contributed by atoms with E-state index in [1.807, 2.05) is 0 Å². The third-order valence-corrected chi connectivity index (χ3v) is 3.38. The summed E-state index contributed by atoms with van der Waals surface area (Å²) >= 11 is 0. The van der Waals surface area contributed by atoms with Crippen molar-refractivity contribution >= 4 is 28.7 Å². The number of alkyl carbamates (subject to hydrolysis) is 1. The first-order valence-electron chi connectivity index (χ1n) is 7.54. The van der Waals surface area contributed by atoms with E-state index in [2.05, 4.69) is 10.3 Å². The maximum atomic E-state index is 11.8. The summed E-state index contributed by atoms with van der Waals surface area (Å²) in [7, 11) is 0. The van der Waals surface area contributed by atoms with Gasteiger partial charge >= 0.3 is 12.1 Å². The minimum atomic E-state index is -1.28. The number of aromatic nitrogens is 1. The van der Waals surface area contributed by atoms with Crippen molar-refractivity contribution in [2.24, 2.45) is 0 Å². The molecule has 0 bridgehead atoms. The van der Waals surface area contributed by atoms with Gasteiger partial charge in [0.1, 0.15) is 11.6 Å². The minimum Gasteiger partial charge on any atom is -0.480 e. The number of aromatic amines is 1. The lowest BCUT2D eigenvalue weighted by atomic mass is 10.0. The number of benzene rings is 1. The normalized spacial score (nSPS) is 12.6. The van der Waals surface area contributed by atoms with E-state index < -0.39 is 28.6 Å². The maximum Gasteiger partial charge on any atom is 0.408 e. The van der Waals surface area contributed by atoms with Crippen LogP contribution >= 0.6 is 0 Å². The first-order valence-corrected chi connectivity index (χ1v) is 7.54. The molecule has 1 aromatic heterocycles. The number of carbonyl (C=O) groups is 2. The summed E-state index contributed by atoms with van der Waals surface area (Å²) in [5.41, 5.74) is 0.0405. The number of nitrogens with zero attached hydrogens (tertiary/aromatic N) is 1. The van der Waals surface area contributed by atoms with Crippen LogP contribution in [0.4, 0.5) is 10.5 Å². The molecule has 1 atom stereocenters. The first-order chi connectivity index (χ1) is 11.6. The van der Waals surface area contributed by atoms with Crippen LogP contribution in [-0.2, 0) is 16.0 Å². The third kappa shape index (κ3) is 4.46. The fourth-order valence-corrected chi connectivity index (χ4v) is 2.42. The van der Waals surface area contributed by atoms with Crippen LogP contribution in [-0.4, -0.2) is 38.7 Å². The number of nitro groups is 1. The van der Waals surface area contributed by atoms with Gasteiger partial charge in [0.15, 0.2) is 0 Å². The highest BCUT2D eigenvalue weighted by atomic mass is 16.6. The van der Waals surface area contributed by atoms with Crippen LogP contribution in [0.5, 0.6) is 0 Å². The molecule has 2 rings (SSSR count). The molecule has 0 aliphatic carbocycles. The molecule has 1 amide bonds. The topological polar surface area (TPSA) is 135 Å². The van der Waals surface area contributed by atoms with E-state index in [1.165, 1.54) is 18.3 Å². The number of amides is 1. The van der Waals surface area contributed by atoms with Gasteiger partial charge in [-0.2, -0.15) is 0 Å². The Kier molecular flexibility index (Phi) is 4.96. The molecule has 1 aromatic carbocycles. The lowest BCUT2D eigenvalue weighted by Gasteiger charge is -2.21. The largest absolute Gasteiger partial charge is 0.480 e. The number of aliphatic carboxylic acids is 1. The Bertz CT molecular complexity index is 821. The van der Waals surface area contributed by atoms with Gasteiger partial charge in [-0.3, -0.25) is 10.1 Å². The second-order valence-electron chi connectivity index (χ2n) is 6.51. The SMILES string of the molecule is CC(C)(C)OC(=O)NC(Cc1c[nH]c2cccc([N+](=O)[O-])c12)C(=O)O. The predicted molar refractivity (Wildman–Crippen MR) is 89.5 cm³/mol. The number of H-pyrrole nitrogens is 1. The predicted octanol–water partition coefficient (Wildman–Crippen LogP) is 2.60. The van der Waals surface area contributed by atoms with Gasteiger partial charge in [-0.1, -0.05) is 6.07 Å². The van der Waals surface area contributed by atoms with Crippen LogP contribution in [0.15, 0.2) is 24.4 Å². The van der Waals surface area contributed by atoms with Crippen molar-refractivity contribution in [2.45, 2.75) is 38.8 Å². The number of non-ortho nitro benzene ring substituents is 1. The molecule has 25 heavy (non-hydrogen) atoms. The number of ether oxygens (including phenoxy) is 1. The van der Waals surface area contributed by atoms with E-state index in [-0.39, 0.29) is 12.1 Å². The number of carboxylic acid groups (broad SMARTS) is 1. The molecule has 0 saturated heterocycles. The molecule has 0 aliphatic rings. The van der Waals surface area contributed by atoms with Gasteiger partial charge in [-0.05, 0) is 32.4 Å². The summed E-state index contributed by atoms with van der Waals surface area (Å²) < 4.78 is 5.06. The zero-order chi connectivity index (χ0) is 18.8. The zero-order valence-electron chi connectivity index (χ0n) is 14.0. The van der Waals surface area contributed by atoms with Crippen LogP contribution in [0.1, 0.15) is 26.3 Å². The van der Waals surface area contributed by atoms with Gasteiger partial charge in [-0.15, -0.1) is 0 Å². The number of hydrogen-bond donors (Lipinski definition) is 3. The summed E-state index contributed by atoms with van der Waals surface area (Å²) in [6, 6.07) is 3.25. The summed E-state index contributed by atoms with van der Waals surface area (Å²) in [4.78, 5) is 36.8. The Morgan fingerprint density at radius 2 is 2.08 bits per heavy atom. The van der Waals surface area contributed by atoms with Gasteiger partial charge in [0, 0.05) is 18.7 Å². The van der Waals surface area contributed by atoms with Crippen molar-refractivity contribution in [3.63, 3.8) is 0 Å². The highest BCUT2D eigenvalue weighted by Gasteiger charge is 2.26. The molecule has 2 aromatic rings. The number of fused-ring (bicyclic) bond motifs is 1. The van der Waals surface area contributed by atoms with Crippen molar-refractivity contribution in [1.29, 1.82) is 0 Å². The molecule has 1 heterocycles.